The summed E-state index contributed by atoms with van der Waals surface area (Å²) in [6.45, 7) is 5.28. The van der Waals surface area contributed by atoms with Gasteiger partial charge >= 0.3 is 0 Å². The number of nitrogens with zero attached hydrogens (tertiary/aromatic N) is 4. The minimum atomic E-state index is -3.58. The Hall–Kier alpha value is -3.00. The zero-order valence-electron chi connectivity index (χ0n) is 16.9. The zero-order chi connectivity index (χ0) is 22.8. The maximum Gasteiger partial charge on any atom is 0.268 e. The lowest BCUT2D eigenvalue weighted by molar-refractivity contribution is -0.112. The second-order valence-electron chi connectivity index (χ2n) is 6.55. The van der Waals surface area contributed by atoms with E-state index in [1.165, 1.54) is 13.0 Å². The molecule has 3 rings (SSSR count). The van der Waals surface area contributed by atoms with Crippen LogP contribution in [0.5, 0.6) is 0 Å². The molecule has 1 N–H and O–H groups in total. The second-order valence-corrected chi connectivity index (χ2v) is 9.91. The third-order valence-corrected chi connectivity index (χ3v) is 7.00. The quantitative estimate of drug-likeness (QED) is 0.426. The summed E-state index contributed by atoms with van der Waals surface area (Å²) in [5.41, 5.74) is 3.22. The number of hydrogen-bond donors (Lipinski definition) is 1. The first-order valence-electron chi connectivity index (χ1n) is 9.10. The number of amides is 1. The Bertz CT molecular complexity index is 1320. The minimum absolute atomic E-state index is 0.00446. The van der Waals surface area contributed by atoms with Crippen molar-refractivity contribution in [2.75, 3.05) is 11.1 Å². The molecule has 0 saturated carbocycles. The molecule has 0 unspecified atom stereocenters. The molecule has 2 aromatic heterocycles. The van der Waals surface area contributed by atoms with Crippen molar-refractivity contribution in [3.8, 4) is 11.8 Å². The van der Waals surface area contributed by atoms with Crippen molar-refractivity contribution in [1.82, 2.24) is 13.9 Å². The van der Waals surface area contributed by atoms with Crippen LogP contribution in [0, 0.1) is 25.2 Å². The maximum absolute atomic E-state index is 12.6. The van der Waals surface area contributed by atoms with Gasteiger partial charge in [0, 0.05) is 33.6 Å². The Morgan fingerprint density at radius 3 is 2.61 bits per heavy atom. The van der Waals surface area contributed by atoms with Crippen LogP contribution in [0.2, 0.25) is 5.02 Å². The highest BCUT2D eigenvalue weighted by atomic mass is 35.5. The summed E-state index contributed by atoms with van der Waals surface area (Å²) >= 11 is 6.70. The summed E-state index contributed by atoms with van der Waals surface area (Å²) in [6.07, 6.45) is 1.48. The largest absolute Gasteiger partial charge is 0.318 e. The number of sulfone groups is 1. The van der Waals surface area contributed by atoms with Crippen molar-refractivity contribution in [3.63, 3.8) is 0 Å². The van der Waals surface area contributed by atoms with Gasteiger partial charge in [-0.2, -0.15) is 14.6 Å². The number of nitriles is 1. The maximum atomic E-state index is 12.6. The third-order valence-electron chi connectivity index (χ3n) is 4.51. The number of nitrogens with one attached hydrogen (secondary N) is 1. The van der Waals surface area contributed by atoms with Crippen LogP contribution in [0.25, 0.3) is 11.8 Å². The van der Waals surface area contributed by atoms with Crippen LogP contribution < -0.4 is 5.32 Å². The molecule has 0 saturated heterocycles. The normalized spacial score (nSPS) is 11.9. The molecule has 0 aliphatic rings. The molecule has 1 aromatic carbocycles. The van der Waals surface area contributed by atoms with Gasteiger partial charge in [0.1, 0.15) is 11.6 Å². The number of aryl methyl sites for hydroxylation is 1. The van der Waals surface area contributed by atoms with Crippen molar-refractivity contribution in [1.29, 1.82) is 5.26 Å². The number of anilines is 1. The van der Waals surface area contributed by atoms with Crippen LogP contribution in [-0.2, 0) is 14.6 Å². The van der Waals surface area contributed by atoms with Crippen LogP contribution in [0.4, 0.5) is 5.13 Å². The van der Waals surface area contributed by atoms with E-state index in [0.29, 0.717) is 10.6 Å². The van der Waals surface area contributed by atoms with Crippen molar-refractivity contribution >= 4 is 50.1 Å². The van der Waals surface area contributed by atoms with Crippen LogP contribution >= 0.6 is 23.1 Å². The molecule has 0 fully saturated rings. The SMILES string of the molecule is CCS(=O)(=O)c1nsc(NC(=O)C(C#N)=Cc2cc(C)n(-c3ccc(Cl)cc3)c2C)n1. The molecule has 31 heavy (non-hydrogen) atoms. The molecule has 0 spiro atoms. The second kappa shape index (κ2) is 9.01. The van der Waals surface area contributed by atoms with E-state index in [-0.39, 0.29) is 21.6 Å². The Labute approximate surface area is 188 Å². The van der Waals surface area contributed by atoms with Crippen molar-refractivity contribution in [3.05, 3.63) is 57.9 Å². The number of carbonyl (C=O) groups excluding carboxylic acids is 1. The lowest BCUT2D eigenvalue weighted by atomic mass is 10.1. The first-order chi connectivity index (χ1) is 14.7. The number of hydrogen-bond acceptors (Lipinski definition) is 7. The molecule has 0 radical (unpaired) electrons. The fourth-order valence-electron chi connectivity index (χ4n) is 2.91. The van der Waals surface area contributed by atoms with Crippen LogP contribution in [-0.4, -0.2) is 34.0 Å². The molecule has 3 aromatic rings. The van der Waals surface area contributed by atoms with E-state index in [1.807, 2.05) is 42.7 Å². The summed E-state index contributed by atoms with van der Waals surface area (Å²) in [5.74, 6) is -0.848. The van der Waals surface area contributed by atoms with Gasteiger partial charge in [-0.05, 0) is 55.8 Å². The monoisotopic (exact) mass is 475 g/mol. The molecular formula is C20H18ClN5O3S2. The molecule has 11 heteroatoms. The van der Waals surface area contributed by atoms with Gasteiger partial charge in [0.05, 0.1) is 5.75 Å². The van der Waals surface area contributed by atoms with Crippen LogP contribution in [0.15, 0.2) is 41.1 Å². The zero-order valence-corrected chi connectivity index (χ0v) is 19.3. The highest BCUT2D eigenvalue weighted by molar-refractivity contribution is 7.91. The molecule has 160 valence electrons. The highest BCUT2D eigenvalue weighted by Gasteiger charge is 2.20. The van der Waals surface area contributed by atoms with E-state index in [4.69, 9.17) is 11.6 Å². The average Bonchev–Trinajstić information content (AvgIpc) is 3.31. The summed E-state index contributed by atoms with van der Waals surface area (Å²) in [6, 6.07) is 11.1. The number of halogens is 1. The highest BCUT2D eigenvalue weighted by Crippen LogP contribution is 2.24. The van der Waals surface area contributed by atoms with Gasteiger partial charge in [0.25, 0.3) is 11.1 Å². The van der Waals surface area contributed by atoms with E-state index in [1.54, 1.807) is 12.1 Å². The molecule has 0 bridgehead atoms. The number of rotatable bonds is 6. The first-order valence-corrected chi connectivity index (χ1v) is 11.9. The van der Waals surface area contributed by atoms with E-state index in [9.17, 15) is 18.5 Å². The Kier molecular flexibility index (Phi) is 6.59. The van der Waals surface area contributed by atoms with Crippen molar-refractivity contribution in [2.45, 2.75) is 25.9 Å². The summed E-state index contributed by atoms with van der Waals surface area (Å²) < 4.78 is 29.4. The molecule has 2 heterocycles. The molecule has 0 aliphatic heterocycles. The predicted molar refractivity (Wildman–Crippen MR) is 120 cm³/mol. The standard InChI is InChI=1S/C20H18ClN5O3S2/c1-4-31(28,29)20-24-19(30-25-20)23-18(27)15(11-22)10-14-9-12(2)26(13(14)3)17-7-5-16(21)6-8-17/h5-10H,4H2,1-3H3,(H,23,24,25,27). The van der Waals surface area contributed by atoms with E-state index in [0.717, 1.165) is 28.6 Å². The number of carbonyl (C=O) groups is 1. The average molecular weight is 476 g/mol. The fraction of sp³-hybridized carbons (Fsp3) is 0.200. The number of aromatic nitrogens is 3. The third kappa shape index (κ3) is 4.85. The predicted octanol–water partition coefficient (Wildman–Crippen LogP) is 3.94. The van der Waals surface area contributed by atoms with Gasteiger partial charge in [0.2, 0.25) is 15.0 Å². The van der Waals surface area contributed by atoms with Gasteiger partial charge in [-0.1, -0.05) is 18.5 Å². The molecule has 1 amide bonds. The van der Waals surface area contributed by atoms with Gasteiger partial charge in [-0.15, -0.1) is 0 Å². The van der Waals surface area contributed by atoms with Crippen molar-refractivity contribution in [2.24, 2.45) is 0 Å². The van der Waals surface area contributed by atoms with Crippen LogP contribution in [0.3, 0.4) is 0 Å². The lowest BCUT2D eigenvalue weighted by Crippen LogP contribution is -2.14. The Morgan fingerprint density at radius 1 is 1.32 bits per heavy atom. The summed E-state index contributed by atoms with van der Waals surface area (Å²) in [7, 11) is -3.58. The molecular weight excluding hydrogens is 458 g/mol. The molecule has 8 nitrogen and oxygen atoms in total. The Morgan fingerprint density at radius 2 is 2.00 bits per heavy atom. The smallest absolute Gasteiger partial charge is 0.268 e. The van der Waals surface area contributed by atoms with Gasteiger partial charge < -0.3 is 4.57 Å². The van der Waals surface area contributed by atoms with E-state index < -0.39 is 15.7 Å². The van der Waals surface area contributed by atoms with Gasteiger partial charge in [-0.3, -0.25) is 10.1 Å². The Balaban J connectivity index is 1.88. The molecule has 0 aliphatic carbocycles. The van der Waals surface area contributed by atoms with Crippen molar-refractivity contribution < 1.29 is 13.2 Å². The topological polar surface area (TPSA) is 118 Å². The van der Waals surface area contributed by atoms with Gasteiger partial charge in [-0.25, -0.2) is 8.42 Å². The first kappa shape index (κ1) is 22.7. The van der Waals surface area contributed by atoms with Gasteiger partial charge in [0.15, 0.2) is 0 Å². The lowest BCUT2D eigenvalue weighted by Gasteiger charge is -2.09. The van der Waals surface area contributed by atoms with Crippen LogP contribution in [0.1, 0.15) is 23.9 Å². The fourth-order valence-corrected chi connectivity index (χ4v) is 4.62. The number of benzene rings is 1. The summed E-state index contributed by atoms with van der Waals surface area (Å²) in [5, 5.41) is 12.2. The summed E-state index contributed by atoms with van der Waals surface area (Å²) in [4.78, 5) is 16.4. The van der Waals surface area contributed by atoms with E-state index in [2.05, 4.69) is 14.7 Å². The molecule has 0 atom stereocenters. The minimum Gasteiger partial charge on any atom is -0.318 e. The van der Waals surface area contributed by atoms with E-state index >= 15 is 0 Å².